The summed E-state index contributed by atoms with van der Waals surface area (Å²) in [6.07, 6.45) is 1.45. The maximum atomic E-state index is 13.1. The van der Waals surface area contributed by atoms with Gasteiger partial charge in [-0.25, -0.2) is 4.39 Å². The molecule has 6 nitrogen and oxygen atoms in total. The number of nitrogens with one attached hydrogen (secondary N) is 1. The molecular formula is C22H12ClFN4O2S. The first-order chi connectivity index (χ1) is 15.0. The molecule has 2 aromatic carbocycles. The van der Waals surface area contributed by atoms with Gasteiger partial charge < -0.3 is 4.42 Å². The van der Waals surface area contributed by atoms with Crippen LogP contribution in [0.25, 0.3) is 17.4 Å². The van der Waals surface area contributed by atoms with Crippen molar-refractivity contribution >= 4 is 51.4 Å². The number of fused-ring (bicyclic) bond motifs is 1. The third kappa shape index (κ3) is 3.60. The second kappa shape index (κ2) is 7.64. The highest BCUT2D eigenvalue weighted by Gasteiger charge is 2.36. The molecule has 152 valence electrons. The zero-order valence-electron chi connectivity index (χ0n) is 15.7. The van der Waals surface area contributed by atoms with E-state index in [9.17, 15) is 9.18 Å². The average molecular weight is 451 g/mol. The quantitative estimate of drug-likeness (QED) is 0.541. The number of nitrogens with zero attached hydrogens (tertiary/aromatic N) is 3. The van der Waals surface area contributed by atoms with Crippen molar-refractivity contribution in [3.05, 3.63) is 88.4 Å². The third-order valence-corrected chi connectivity index (χ3v) is 5.87. The molecule has 0 spiro atoms. The summed E-state index contributed by atoms with van der Waals surface area (Å²) in [6.45, 7) is 0. The molecule has 0 fully saturated rings. The van der Waals surface area contributed by atoms with E-state index in [0.717, 1.165) is 0 Å². The molecule has 2 aliphatic rings. The number of amidine groups is 2. The molecule has 0 radical (unpaired) electrons. The molecule has 3 heterocycles. The van der Waals surface area contributed by atoms with E-state index in [-0.39, 0.29) is 17.2 Å². The predicted molar refractivity (Wildman–Crippen MR) is 120 cm³/mol. The van der Waals surface area contributed by atoms with E-state index < -0.39 is 5.91 Å². The fourth-order valence-electron chi connectivity index (χ4n) is 3.08. The number of rotatable bonds is 3. The lowest BCUT2D eigenvalue weighted by Crippen LogP contribution is -2.35. The van der Waals surface area contributed by atoms with Gasteiger partial charge in [-0.1, -0.05) is 29.8 Å². The first-order valence-corrected chi connectivity index (χ1v) is 10.3. The standard InChI is InChI=1S/C22H12ClFN4O2S/c23-17-4-2-1-3-15(17)21-27-28-19(25)16(20(29)26-22(28)31-21)11-14-9-10-18(30-14)12-5-7-13(24)8-6-12/h1-11,25H. The Morgan fingerprint density at radius 2 is 1.87 bits per heavy atom. The summed E-state index contributed by atoms with van der Waals surface area (Å²) < 4.78 is 18.9. The molecule has 31 heavy (non-hydrogen) atoms. The summed E-state index contributed by atoms with van der Waals surface area (Å²) >= 11 is 7.43. The highest BCUT2D eigenvalue weighted by atomic mass is 35.5. The Bertz CT molecular complexity index is 1330. The summed E-state index contributed by atoms with van der Waals surface area (Å²) in [5.74, 6) is -0.119. The van der Waals surface area contributed by atoms with Gasteiger partial charge in [0.2, 0.25) is 5.17 Å². The van der Waals surface area contributed by atoms with Crippen LogP contribution in [0, 0.1) is 11.2 Å². The largest absolute Gasteiger partial charge is 0.457 e. The highest BCUT2D eigenvalue weighted by molar-refractivity contribution is 8.27. The minimum atomic E-state index is -0.556. The molecule has 0 atom stereocenters. The first-order valence-electron chi connectivity index (χ1n) is 9.10. The van der Waals surface area contributed by atoms with Crippen LogP contribution < -0.4 is 0 Å². The Labute approximate surface area is 185 Å². The number of amides is 1. The molecular weight excluding hydrogens is 439 g/mol. The zero-order chi connectivity index (χ0) is 21.5. The van der Waals surface area contributed by atoms with E-state index in [4.69, 9.17) is 21.4 Å². The lowest BCUT2D eigenvalue weighted by Gasteiger charge is -2.19. The summed E-state index contributed by atoms with van der Waals surface area (Å²) in [6, 6.07) is 16.5. The molecule has 1 amide bonds. The van der Waals surface area contributed by atoms with Crippen LogP contribution in [0.2, 0.25) is 5.02 Å². The Morgan fingerprint density at radius 1 is 1.10 bits per heavy atom. The number of benzene rings is 2. The number of aliphatic imine (C=N–C) groups is 1. The second-order valence-corrected chi connectivity index (χ2v) is 7.98. The number of thioether (sulfide) groups is 1. The summed E-state index contributed by atoms with van der Waals surface area (Å²) in [7, 11) is 0. The normalized spacial score (nSPS) is 17.1. The van der Waals surface area contributed by atoms with Crippen molar-refractivity contribution in [3.8, 4) is 11.3 Å². The zero-order valence-corrected chi connectivity index (χ0v) is 17.2. The monoisotopic (exact) mass is 450 g/mol. The number of carbonyl (C=O) groups excluding carboxylic acids is 1. The second-order valence-electron chi connectivity index (χ2n) is 6.61. The molecule has 0 bridgehead atoms. The molecule has 2 aliphatic heterocycles. The maximum Gasteiger partial charge on any atom is 0.283 e. The van der Waals surface area contributed by atoms with Crippen molar-refractivity contribution in [2.45, 2.75) is 0 Å². The van der Waals surface area contributed by atoms with E-state index in [1.54, 1.807) is 30.3 Å². The molecule has 5 rings (SSSR count). The van der Waals surface area contributed by atoms with Gasteiger partial charge in [0.05, 0.1) is 10.6 Å². The van der Waals surface area contributed by atoms with E-state index >= 15 is 0 Å². The number of furan rings is 1. The van der Waals surface area contributed by atoms with Crippen molar-refractivity contribution in [2.75, 3.05) is 0 Å². The van der Waals surface area contributed by atoms with Crippen LogP contribution in [0.4, 0.5) is 4.39 Å². The molecule has 0 aliphatic carbocycles. The smallest absolute Gasteiger partial charge is 0.283 e. The Kier molecular flexibility index (Phi) is 4.80. The van der Waals surface area contributed by atoms with Crippen molar-refractivity contribution in [1.82, 2.24) is 5.01 Å². The van der Waals surface area contributed by atoms with Crippen molar-refractivity contribution in [1.29, 1.82) is 5.41 Å². The van der Waals surface area contributed by atoms with Gasteiger partial charge in [0.15, 0.2) is 5.84 Å². The number of hydrazone groups is 1. The van der Waals surface area contributed by atoms with E-state index in [0.29, 0.717) is 37.9 Å². The van der Waals surface area contributed by atoms with Crippen LogP contribution in [-0.2, 0) is 4.79 Å². The molecule has 0 saturated heterocycles. The lowest BCUT2D eigenvalue weighted by atomic mass is 10.1. The van der Waals surface area contributed by atoms with Gasteiger partial charge in [-0.05, 0) is 60.3 Å². The van der Waals surface area contributed by atoms with E-state index in [2.05, 4.69) is 10.1 Å². The number of carbonyl (C=O) groups is 1. The summed E-state index contributed by atoms with van der Waals surface area (Å²) in [4.78, 5) is 16.6. The number of hydrogen-bond donors (Lipinski definition) is 1. The molecule has 0 saturated carbocycles. The minimum Gasteiger partial charge on any atom is -0.457 e. The average Bonchev–Trinajstić information content (AvgIpc) is 3.39. The van der Waals surface area contributed by atoms with Crippen LogP contribution in [-0.4, -0.2) is 27.0 Å². The van der Waals surface area contributed by atoms with Crippen LogP contribution in [0.15, 0.2) is 80.7 Å². The SMILES string of the molecule is N=C1C(=Cc2ccc(-c3ccc(F)cc3)o2)C(=O)N=C2SC(c3ccccc3Cl)=NN12. The van der Waals surface area contributed by atoms with Crippen LogP contribution >= 0.6 is 23.4 Å². The van der Waals surface area contributed by atoms with Crippen LogP contribution in [0.5, 0.6) is 0 Å². The predicted octanol–water partition coefficient (Wildman–Crippen LogP) is 5.41. The van der Waals surface area contributed by atoms with Gasteiger partial charge >= 0.3 is 0 Å². The molecule has 1 N–H and O–H groups in total. The number of hydrogen-bond acceptors (Lipinski definition) is 5. The summed E-state index contributed by atoms with van der Waals surface area (Å²) in [5.41, 5.74) is 1.45. The van der Waals surface area contributed by atoms with Gasteiger partial charge in [-0.3, -0.25) is 10.2 Å². The Balaban J connectivity index is 1.45. The fourth-order valence-corrected chi connectivity index (χ4v) is 4.29. The van der Waals surface area contributed by atoms with E-state index in [1.807, 2.05) is 18.2 Å². The van der Waals surface area contributed by atoms with Crippen LogP contribution in [0.3, 0.4) is 0 Å². The van der Waals surface area contributed by atoms with Gasteiger partial charge in [-0.15, -0.1) is 0 Å². The van der Waals surface area contributed by atoms with Crippen molar-refractivity contribution in [2.24, 2.45) is 10.1 Å². The lowest BCUT2D eigenvalue weighted by molar-refractivity contribution is -0.114. The minimum absolute atomic E-state index is 0.0496. The van der Waals surface area contributed by atoms with Gasteiger partial charge in [0, 0.05) is 11.1 Å². The van der Waals surface area contributed by atoms with Crippen molar-refractivity contribution < 1.29 is 13.6 Å². The van der Waals surface area contributed by atoms with Gasteiger partial charge in [0.25, 0.3) is 5.91 Å². The maximum absolute atomic E-state index is 13.1. The first kappa shape index (κ1) is 19.5. The number of halogens is 2. The molecule has 3 aromatic rings. The van der Waals surface area contributed by atoms with E-state index in [1.165, 1.54) is 35.0 Å². The molecule has 9 heteroatoms. The van der Waals surface area contributed by atoms with Crippen molar-refractivity contribution in [3.63, 3.8) is 0 Å². The third-order valence-electron chi connectivity index (χ3n) is 4.60. The van der Waals surface area contributed by atoms with Gasteiger partial charge in [-0.2, -0.15) is 15.1 Å². The van der Waals surface area contributed by atoms with Crippen LogP contribution in [0.1, 0.15) is 11.3 Å². The van der Waals surface area contributed by atoms with Gasteiger partial charge in [0.1, 0.15) is 22.4 Å². The molecule has 1 aromatic heterocycles. The fraction of sp³-hybridized carbons (Fsp3) is 0. The Morgan fingerprint density at radius 3 is 2.65 bits per heavy atom. The Hall–Kier alpha value is -3.49. The topological polar surface area (TPSA) is 82.0 Å². The summed E-state index contributed by atoms with van der Waals surface area (Å²) in [5, 5.41) is 15.6. The molecule has 0 unspecified atom stereocenters. The highest BCUT2D eigenvalue weighted by Crippen LogP contribution is 2.33.